The molecule has 122 valence electrons. The first-order valence-corrected chi connectivity index (χ1v) is 9.32. The molecule has 1 aromatic heterocycles. The van der Waals surface area contributed by atoms with E-state index in [0.717, 1.165) is 29.5 Å². The molecule has 1 heterocycles. The molecule has 5 heteroatoms. The summed E-state index contributed by atoms with van der Waals surface area (Å²) in [6.45, 7) is 4.45. The fourth-order valence-electron chi connectivity index (χ4n) is 3.26. The van der Waals surface area contributed by atoms with Crippen LogP contribution in [-0.4, -0.2) is 23.6 Å². The number of ether oxygens (including phenoxy) is 1. The molecule has 3 atom stereocenters. The predicted molar refractivity (Wildman–Crippen MR) is 87.8 cm³/mol. The Kier molecular flexibility index (Phi) is 5.14. The molecule has 22 heavy (non-hydrogen) atoms. The molecule has 4 nitrogen and oxygen atoms in total. The van der Waals surface area contributed by atoms with Gasteiger partial charge in [-0.2, -0.15) is 0 Å². The summed E-state index contributed by atoms with van der Waals surface area (Å²) in [5, 5.41) is 6.24. The molecule has 0 spiro atoms. The zero-order chi connectivity index (χ0) is 15.5. The third kappa shape index (κ3) is 4.29. The van der Waals surface area contributed by atoms with Gasteiger partial charge in [0.25, 0.3) is 0 Å². The molecule has 1 aromatic rings. The zero-order valence-electron chi connectivity index (χ0n) is 13.5. The molecule has 0 saturated heterocycles. The Balaban J connectivity index is 1.49. The number of carbonyl (C=O) groups excluding carboxylic acids is 1. The summed E-state index contributed by atoms with van der Waals surface area (Å²) in [5.74, 6) is 1.28. The molecule has 2 fully saturated rings. The first kappa shape index (κ1) is 15.9. The molecule has 2 aliphatic rings. The second kappa shape index (κ2) is 7.09. The lowest BCUT2D eigenvalue weighted by molar-refractivity contribution is -0.129. The maximum Gasteiger partial charge on any atom is 0.246 e. The van der Waals surface area contributed by atoms with Gasteiger partial charge in [0.1, 0.15) is 11.6 Å². The van der Waals surface area contributed by atoms with Crippen LogP contribution in [0.5, 0.6) is 0 Å². The van der Waals surface area contributed by atoms with Crippen molar-refractivity contribution in [1.82, 2.24) is 10.3 Å². The van der Waals surface area contributed by atoms with Gasteiger partial charge in [-0.1, -0.05) is 19.8 Å². The van der Waals surface area contributed by atoms with E-state index in [1.807, 2.05) is 6.92 Å². The number of aromatic nitrogens is 1. The molecule has 3 rings (SSSR count). The first-order chi connectivity index (χ1) is 10.6. The van der Waals surface area contributed by atoms with Gasteiger partial charge in [0.2, 0.25) is 5.91 Å². The molecule has 0 radical (unpaired) electrons. The van der Waals surface area contributed by atoms with E-state index in [4.69, 9.17) is 4.74 Å². The minimum Gasteiger partial charge on any atom is -0.368 e. The number of amides is 1. The second-order valence-electron chi connectivity index (χ2n) is 6.91. The smallest absolute Gasteiger partial charge is 0.246 e. The number of nitrogens with one attached hydrogen (secondary N) is 1. The molecule has 1 N–H and O–H groups in total. The van der Waals surface area contributed by atoms with Crippen molar-refractivity contribution < 1.29 is 9.53 Å². The molecule has 2 aliphatic carbocycles. The number of rotatable bonds is 6. The molecule has 1 amide bonds. The number of thiazole rings is 1. The summed E-state index contributed by atoms with van der Waals surface area (Å²) in [5.41, 5.74) is 1.03. The Bertz CT molecular complexity index is 513. The first-order valence-electron chi connectivity index (χ1n) is 8.45. The quantitative estimate of drug-likeness (QED) is 0.870. The summed E-state index contributed by atoms with van der Waals surface area (Å²) in [6, 6.07) is 0.0834. The monoisotopic (exact) mass is 322 g/mol. The Labute approximate surface area is 136 Å². The predicted octanol–water partition coefficient (Wildman–Crippen LogP) is 3.61. The highest BCUT2D eigenvalue weighted by molar-refractivity contribution is 7.09. The average molecular weight is 322 g/mol. The van der Waals surface area contributed by atoms with E-state index >= 15 is 0 Å². The van der Waals surface area contributed by atoms with Crippen LogP contribution in [0, 0.1) is 18.8 Å². The summed E-state index contributed by atoms with van der Waals surface area (Å²) in [4.78, 5) is 16.8. The van der Waals surface area contributed by atoms with Crippen LogP contribution in [-0.2, 0) is 9.53 Å². The molecule has 0 aliphatic heterocycles. The zero-order valence-corrected chi connectivity index (χ0v) is 14.3. The summed E-state index contributed by atoms with van der Waals surface area (Å²) < 4.78 is 5.83. The van der Waals surface area contributed by atoms with Crippen molar-refractivity contribution in [2.75, 3.05) is 6.61 Å². The van der Waals surface area contributed by atoms with E-state index in [1.165, 1.54) is 25.7 Å². The largest absolute Gasteiger partial charge is 0.368 e. The van der Waals surface area contributed by atoms with Crippen molar-refractivity contribution in [1.29, 1.82) is 0 Å². The van der Waals surface area contributed by atoms with E-state index in [1.54, 1.807) is 11.3 Å². The van der Waals surface area contributed by atoms with Gasteiger partial charge in [-0.25, -0.2) is 4.98 Å². The molecule has 0 aromatic carbocycles. The van der Waals surface area contributed by atoms with Crippen molar-refractivity contribution in [3.8, 4) is 0 Å². The van der Waals surface area contributed by atoms with Crippen molar-refractivity contribution in [3.63, 3.8) is 0 Å². The molecule has 2 saturated carbocycles. The lowest BCUT2D eigenvalue weighted by Gasteiger charge is -2.26. The van der Waals surface area contributed by atoms with Crippen molar-refractivity contribution in [2.45, 2.75) is 64.5 Å². The average Bonchev–Trinajstić information content (AvgIpc) is 3.24. The number of aryl methyl sites for hydroxylation is 1. The second-order valence-corrected chi connectivity index (χ2v) is 7.80. The van der Waals surface area contributed by atoms with Gasteiger partial charge in [0, 0.05) is 11.1 Å². The van der Waals surface area contributed by atoms with Crippen molar-refractivity contribution in [2.24, 2.45) is 11.8 Å². The van der Waals surface area contributed by atoms with Gasteiger partial charge in [-0.3, -0.25) is 4.79 Å². The lowest BCUT2D eigenvalue weighted by Crippen LogP contribution is -2.34. The normalized spacial score (nSPS) is 26.6. The van der Waals surface area contributed by atoms with Crippen LogP contribution in [0.15, 0.2) is 5.38 Å². The minimum atomic E-state index is 0.00276. The minimum absolute atomic E-state index is 0.00276. The van der Waals surface area contributed by atoms with Gasteiger partial charge >= 0.3 is 0 Å². The third-order valence-electron chi connectivity index (χ3n) is 4.65. The van der Waals surface area contributed by atoms with Gasteiger partial charge in [0.05, 0.1) is 12.1 Å². The lowest BCUT2D eigenvalue weighted by atomic mass is 9.89. The van der Waals surface area contributed by atoms with Crippen LogP contribution in [0.4, 0.5) is 0 Å². The summed E-state index contributed by atoms with van der Waals surface area (Å²) >= 11 is 1.65. The van der Waals surface area contributed by atoms with Gasteiger partial charge in [-0.05, 0) is 44.4 Å². The fourth-order valence-corrected chi connectivity index (χ4v) is 4.20. The number of hydrogen-bond donors (Lipinski definition) is 1. The SMILES string of the molecule is Cc1csc([C@H](NC(=O)CO[C@H]2CCC[C@@H](C)C2)C2CC2)n1. The summed E-state index contributed by atoms with van der Waals surface area (Å²) in [6.07, 6.45) is 7.32. The molecular formula is C17H26N2O2S. The van der Waals surface area contributed by atoms with Crippen LogP contribution in [0.2, 0.25) is 0 Å². The fraction of sp³-hybridized carbons (Fsp3) is 0.765. The van der Waals surface area contributed by atoms with E-state index in [9.17, 15) is 4.79 Å². The molecular weight excluding hydrogens is 296 g/mol. The van der Waals surface area contributed by atoms with Gasteiger partial charge in [0.15, 0.2) is 0 Å². The third-order valence-corrected chi connectivity index (χ3v) is 5.70. The standard InChI is InChI=1S/C17H26N2O2S/c1-11-4-3-5-14(8-11)21-9-15(20)19-16(13-6-7-13)17-18-12(2)10-22-17/h10-11,13-14,16H,3-9H2,1-2H3,(H,19,20)/t11-,14+,16-/m1/s1. The van der Waals surface area contributed by atoms with Crippen LogP contribution in [0.1, 0.15) is 62.2 Å². The van der Waals surface area contributed by atoms with E-state index in [2.05, 4.69) is 22.6 Å². The van der Waals surface area contributed by atoms with E-state index in [-0.39, 0.29) is 24.7 Å². The van der Waals surface area contributed by atoms with Crippen molar-refractivity contribution >= 4 is 17.2 Å². The highest BCUT2D eigenvalue weighted by atomic mass is 32.1. The highest BCUT2D eigenvalue weighted by Crippen LogP contribution is 2.41. The molecule has 0 unspecified atom stereocenters. The molecule has 0 bridgehead atoms. The Hall–Kier alpha value is -0.940. The number of nitrogens with zero attached hydrogens (tertiary/aromatic N) is 1. The Morgan fingerprint density at radius 1 is 1.45 bits per heavy atom. The van der Waals surface area contributed by atoms with Crippen molar-refractivity contribution in [3.05, 3.63) is 16.1 Å². The summed E-state index contributed by atoms with van der Waals surface area (Å²) in [7, 11) is 0. The number of carbonyl (C=O) groups is 1. The Morgan fingerprint density at radius 3 is 2.91 bits per heavy atom. The van der Waals surface area contributed by atoms with Crippen LogP contribution in [0.3, 0.4) is 0 Å². The van der Waals surface area contributed by atoms with Crippen LogP contribution < -0.4 is 5.32 Å². The van der Waals surface area contributed by atoms with E-state index in [0.29, 0.717) is 5.92 Å². The highest BCUT2D eigenvalue weighted by Gasteiger charge is 2.35. The Morgan fingerprint density at radius 2 is 2.27 bits per heavy atom. The van der Waals surface area contributed by atoms with Gasteiger partial charge in [-0.15, -0.1) is 11.3 Å². The van der Waals surface area contributed by atoms with Gasteiger partial charge < -0.3 is 10.1 Å². The maximum absolute atomic E-state index is 12.2. The topological polar surface area (TPSA) is 51.2 Å². The number of hydrogen-bond acceptors (Lipinski definition) is 4. The van der Waals surface area contributed by atoms with Crippen LogP contribution in [0.25, 0.3) is 0 Å². The van der Waals surface area contributed by atoms with E-state index < -0.39 is 0 Å². The van der Waals surface area contributed by atoms with Crippen LogP contribution >= 0.6 is 11.3 Å². The maximum atomic E-state index is 12.2.